The van der Waals surface area contributed by atoms with Crippen LogP contribution in [0.3, 0.4) is 0 Å². The zero-order chi connectivity index (χ0) is 8.39. The summed E-state index contributed by atoms with van der Waals surface area (Å²) in [5.41, 5.74) is 6.89. The predicted molar refractivity (Wildman–Crippen MR) is 44.1 cm³/mol. The summed E-state index contributed by atoms with van der Waals surface area (Å²) in [6.07, 6.45) is 3.22. The molecule has 0 saturated carbocycles. The lowest BCUT2D eigenvalue weighted by Gasteiger charge is -1.97. The Labute approximate surface area is 69.0 Å². The van der Waals surface area contributed by atoms with E-state index in [1.165, 1.54) is 0 Å². The van der Waals surface area contributed by atoms with Crippen molar-refractivity contribution in [3.8, 4) is 11.5 Å². The Morgan fingerprint density at radius 1 is 1.25 bits per heavy atom. The van der Waals surface area contributed by atoms with E-state index < -0.39 is 0 Å². The van der Waals surface area contributed by atoms with E-state index in [2.05, 4.69) is 10.1 Å². The van der Waals surface area contributed by atoms with Gasteiger partial charge in [-0.2, -0.15) is 0 Å². The average Bonchev–Trinajstić information content (AvgIpc) is 2.57. The molecule has 0 bridgehead atoms. The first-order chi connectivity index (χ1) is 5.88. The molecule has 2 N–H and O–H groups in total. The zero-order valence-electron chi connectivity index (χ0n) is 6.27. The van der Waals surface area contributed by atoms with Gasteiger partial charge in [-0.15, -0.1) is 0 Å². The lowest BCUT2D eigenvalue weighted by atomic mass is 10.2. The molecule has 0 spiro atoms. The van der Waals surface area contributed by atoms with E-state index >= 15 is 0 Å². The highest BCUT2D eigenvalue weighted by Crippen LogP contribution is 2.21. The molecule has 2 aromatic rings. The Balaban J connectivity index is 2.55. The minimum absolute atomic E-state index is 0.591. The fourth-order valence-corrected chi connectivity index (χ4v) is 0.962. The third-order valence-corrected chi connectivity index (χ3v) is 1.51. The van der Waals surface area contributed by atoms with E-state index in [4.69, 9.17) is 10.3 Å². The number of aromatic nitrogens is 2. The molecule has 0 fully saturated rings. The smallest absolute Gasteiger partial charge is 0.187 e. The molecule has 0 aliphatic heterocycles. The van der Waals surface area contributed by atoms with Crippen molar-refractivity contribution in [2.45, 2.75) is 0 Å². The summed E-state index contributed by atoms with van der Waals surface area (Å²) in [4.78, 5) is 4.06. The maximum Gasteiger partial charge on any atom is 0.187 e. The third-order valence-electron chi connectivity index (χ3n) is 1.51. The standard InChI is InChI=1S/C8H7N3O/c9-6-2-1-4-10-8(6)7-3-5-11-12-7/h1-5H,9H2. The molecule has 0 radical (unpaired) electrons. The van der Waals surface area contributed by atoms with E-state index in [1.807, 2.05) is 0 Å². The van der Waals surface area contributed by atoms with E-state index in [9.17, 15) is 0 Å². The molecule has 2 heterocycles. The number of rotatable bonds is 1. The van der Waals surface area contributed by atoms with Crippen LogP contribution in [0.1, 0.15) is 0 Å². The molecular formula is C8H7N3O. The first-order valence-corrected chi connectivity index (χ1v) is 3.49. The Bertz CT molecular complexity index is 370. The number of nitrogen functional groups attached to an aromatic ring is 1. The van der Waals surface area contributed by atoms with Gasteiger partial charge >= 0.3 is 0 Å². The van der Waals surface area contributed by atoms with Crippen LogP contribution in [0, 0.1) is 0 Å². The summed E-state index contributed by atoms with van der Waals surface area (Å²) in [6.45, 7) is 0. The summed E-state index contributed by atoms with van der Waals surface area (Å²) < 4.78 is 4.91. The topological polar surface area (TPSA) is 64.9 Å². The molecule has 0 atom stereocenters. The molecule has 4 heteroatoms. The maximum absolute atomic E-state index is 5.66. The Hall–Kier alpha value is -1.84. The largest absolute Gasteiger partial charge is 0.397 e. The highest BCUT2D eigenvalue weighted by molar-refractivity contribution is 5.67. The van der Waals surface area contributed by atoms with Crippen molar-refractivity contribution in [1.82, 2.24) is 10.1 Å². The molecule has 2 aromatic heterocycles. The van der Waals surface area contributed by atoms with Gasteiger partial charge in [0.2, 0.25) is 0 Å². The van der Waals surface area contributed by atoms with Crippen molar-refractivity contribution in [3.05, 3.63) is 30.6 Å². The second-order valence-electron chi connectivity index (χ2n) is 2.32. The van der Waals surface area contributed by atoms with Crippen LogP contribution >= 0.6 is 0 Å². The van der Waals surface area contributed by atoms with Gasteiger partial charge in [0.25, 0.3) is 0 Å². The second kappa shape index (κ2) is 2.65. The van der Waals surface area contributed by atoms with Crippen LogP contribution in [-0.2, 0) is 0 Å². The number of pyridine rings is 1. The van der Waals surface area contributed by atoms with Gasteiger partial charge in [-0.05, 0) is 12.1 Å². The van der Waals surface area contributed by atoms with Crippen LogP contribution in [0.4, 0.5) is 5.69 Å². The van der Waals surface area contributed by atoms with E-state index in [1.54, 1.807) is 30.6 Å². The molecule has 60 valence electrons. The van der Waals surface area contributed by atoms with Crippen LogP contribution in [0.25, 0.3) is 11.5 Å². The van der Waals surface area contributed by atoms with Crippen LogP contribution in [0.2, 0.25) is 0 Å². The van der Waals surface area contributed by atoms with Gasteiger partial charge in [0.05, 0.1) is 11.9 Å². The normalized spacial score (nSPS) is 10.0. The molecular weight excluding hydrogens is 154 g/mol. The Morgan fingerprint density at radius 3 is 2.83 bits per heavy atom. The lowest BCUT2D eigenvalue weighted by Crippen LogP contribution is -1.90. The van der Waals surface area contributed by atoms with Gasteiger partial charge in [-0.1, -0.05) is 5.16 Å². The summed E-state index contributed by atoms with van der Waals surface area (Å²) in [5.74, 6) is 0.591. The molecule has 0 amide bonds. The first-order valence-electron chi connectivity index (χ1n) is 3.49. The van der Waals surface area contributed by atoms with Crippen molar-refractivity contribution in [1.29, 1.82) is 0 Å². The summed E-state index contributed by atoms with van der Waals surface area (Å²) in [7, 11) is 0. The molecule has 0 unspecified atom stereocenters. The van der Waals surface area contributed by atoms with Crippen molar-refractivity contribution >= 4 is 5.69 Å². The van der Waals surface area contributed by atoms with E-state index in [-0.39, 0.29) is 0 Å². The van der Waals surface area contributed by atoms with Crippen molar-refractivity contribution in [3.63, 3.8) is 0 Å². The number of anilines is 1. The average molecular weight is 161 g/mol. The number of nitrogens with two attached hydrogens (primary N) is 1. The van der Waals surface area contributed by atoms with Crippen LogP contribution in [-0.4, -0.2) is 10.1 Å². The quantitative estimate of drug-likeness (QED) is 0.685. The van der Waals surface area contributed by atoms with Crippen molar-refractivity contribution in [2.75, 3.05) is 5.73 Å². The SMILES string of the molecule is Nc1cccnc1-c1ccno1. The third kappa shape index (κ3) is 1.03. The number of nitrogens with zero attached hydrogens (tertiary/aromatic N) is 2. The van der Waals surface area contributed by atoms with Crippen LogP contribution in [0.5, 0.6) is 0 Å². The fraction of sp³-hybridized carbons (Fsp3) is 0. The molecule has 0 aliphatic carbocycles. The summed E-state index contributed by atoms with van der Waals surface area (Å²) >= 11 is 0. The number of hydrogen-bond acceptors (Lipinski definition) is 4. The molecule has 0 saturated heterocycles. The lowest BCUT2D eigenvalue weighted by molar-refractivity contribution is 0.431. The summed E-state index contributed by atoms with van der Waals surface area (Å²) in [5, 5.41) is 3.57. The van der Waals surface area contributed by atoms with Crippen LogP contribution < -0.4 is 5.73 Å². The minimum Gasteiger partial charge on any atom is -0.397 e. The molecule has 2 rings (SSSR count). The second-order valence-corrected chi connectivity index (χ2v) is 2.32. The summed E-state index contributed by atoms with van der Waals surface area (Å²) in [6, 6.07) is 5.26. The molecule has 0 aromatic carbocycles. The maximum atomic E-state index is 5.66. The van der Waals surface area contributed by atoms with Gasteiger partial charge in [0.1, 0.15) is 5.69 Å². The zero-order valence-corrected chi connectivity index (χ0v) is 6.27. The predicted octanol–water partition coefficient (Wildman–Crippen LogP) is 1.32. The van der Waals surface area contributed by atoms with Gasteiger partial charge in [0, 0.05) is 12.3 Å². The van der Waals surface area contributed by atoms with Crippen molar-refractivity contribution < 1.29 is 4.52 Å². The Morgan fingerprint density at radius 2 is 2.17 bits per heavy atom. The highest BCUT2D eigenvalue weighted by Gasteiger charge is 2.05. The fourth-order valence-electron chi connectivity index (χ4n) is 0.962. The molecule has 12 heavy (non-hydrogen) atoms. The van der Waals surface area contributed by atoms with E-state index in [0.29, 0.717) is 17.1 Å². The van der Waals surface area contributed by atoms with Gasteiger partial charge < -0.3 is 10.3 Å². The van der Waals surface area contributed by atoms with Crippen molar-refractivity contribution in [2.24, 2.45) is 0 Å². The Kier molecular flexibility index (Phi) is 1.51. The van der Waals surface area contributed by atoms with E-state index in [0.717, 1.165) is 0 Å². The van der Waals surface area contributed by atoms with Gasteiger partial charge in [0.15, 0.2) is 5.76 Å². The minimum atomic E-state index is 0.591. The van der Waals surface area contributed by atoms with Gasteiger partial charge in [-0.3, -0.25) is 4.98 Å². The number of hydrogen-bond donors (Lipinski definition) is 1. The van der Waals surface area contributed by atoms with Gasteiger partial charge in [-0.25, -0.2) is 0 Å². The molecule has 0 aliphatic rings. The van der Waals surface area contributed by atoms with Crippen LogP contribution in [0.15, 0.2) is 35.1 Å². The molecule has 4 nitrogen and oxygen atoms in total. The monoisotopic (exact) mass is 161 g/mol. The first kappa shape index (κ1) is 6.84. The highest BCUT2D eigenvalue weighted by atomic mass is 16.5.